The number of methoxy groups -OCH3 is 1. The number of benzene rings is 2. The Morgan fingerprint density at radius 1 is 1.07 bits per heavy atom. The van der Waals surface area contributed by atoms with Crippen molar-refractivity contribution in [3.8, 4) is 5.75 Å². The summed E-state index contributed by atoms with van der Waals surface area (Å²) in [5, 5.41) is 10.1. The van der Waals surface area contributed by atoms with E-state index in [-0.39, 0.29) is 24.0 Å². The fourth-order valence-corrected chi connectivity index (χ4v) is 3.16. The first-order chi connectivity index (χ1) is 13.8. The molecule has 2 aromatic carbocycles. The first-order valence-electron chi connectivity index (χ1n) is 9.79. The van der Waals surface area contributed by atoms with E-state index in [1.807, 2.05) is 0 Å². The number of hydrogen-bond acceptors (Lipinski definition) is 4. The van der Waals surface area contributed by atoms with Gasteiger partial charge in [-0.05, 0) is 41.3 Å². The highest BCUT2D eigenvalue weighted by Gasteiger charge is 2.11. The maximum atomic E-state index is 5.57. The van der Waals surface area contributed by atoms with E-state index in [1.165, 1.54) is 16.7 Å². The number of rotatable bonds is 9. The predicted molar refractivity (Wildman–Crippen MR) is 130 cm³/mol. The van der Waals surface area contributed by atoms with Crippen molar-refractivity contribution < 1.29 is 9.47 Å². The smallest absolute Gasteiger partial charge is 0.191 e. The van der Waals surface area contributed by atoms with Crippen LogP contribution in [-0.2, 0) is 24.1 Å². The zero-order valence-corrected chi connectivity index (χ0v) is 19.5. The van der Waals surface area contributed by atoms with Crippen LogP contribution in [0, 0.1) is 0 Å². The summed E-state index contributed by atoms with van der Waals surface area (Å²) >= 11 is 0. The fraction of sp³-hybridized carbons (Fsp3) is 0.409. The summed E-state index contributed by atoms with van der Waals surface area (Å²) in [6, 6.07) is 14.9. The van der Waals surface area contributed by atoms with Crippen LogP contribution in [0.2, 0.25) is 0 Å². The summed E-state index contributed by atoms with van der Waals surface area (Å²) < 4.78 is 10.6. The van der Waals surface area contributed by atoms with Gasteiger partial charge in [-0.1, -0.05) is 24.3 Å². The lowest BCUT2D eigenvalue weighted by molar-refractivity contribution is 0.211. The molecular formula is C22H31IN4O2. The van der Waals surface area contributed by atoms with Crippen LogP contribution < -0.4 is 20.7 Å². The van der Waals surface area contributed by atoms with Crippen molar-refractivity contribution in [1.29, 1.82) is 0 Å². The Hall–Kier alpha value is -2.00. The normalized spacial score (nSPS) is 12.6. The van der Waals surface area contributed by atoms with Crippen LogP contribution in [-0.4, -0.2) is 46.4 Å². The Morgan fingerprint density at radius 3 is 2.62 bits per heavy atom. The molecule has 6 nitrogen and oxygen atoms in total. The second-order valence-corrected chi connectivity index (χ2v) is 6.76. The molecule has 0 bridgehead atoms. The van der Waals surface area contributed by atoms with Gasteiger partial charge < -0.3 is 25.4 Å². The zero-order chi connectivity index (χ0) is 19.6. The molecule has 3 rings (SSSR count). The lowest BCUT2D eigenvalue weighted by Gasteiger charge is -2.13. The van der Waals surface area contributed by atoms with Gasteiger partial charge >= 0.3 is 0 Å². The average Bonchev–Trinajstić information content (AvgIpc) is 3.19. The van der Waals surface area contributed by atoms with E-state index in [4.69, 9.17) is 9.47 Å². The van der Waals surface area contributed by atoms with Crippen molar-refractivity contribution in [2.45, 2.75) is 19.4 Å². The summed E-state index contributed by atoms with van der Waals surface area (Å²) in [6.07, 6.45) is 1.97. The summed E-state index contributed by atoms with van der Waals surface area (Å²) in [5.74, 6) is 1.85. The highest BCUT2D eigenvalue weighted by molar-refractivity contribution is 14.0. The van der Waals surface area contributed by atoms with Gasteiger partial charge in [0.25, 0.3) is 0 Å². The Balaban J connectivity index is 0.00000300. The third-order valence-corrected chi connectivity index (χ3v) is 4.73. The second-order valence-electron chi connectivity index (χ2n) is 6.76. The molecular weight excluding hydrogens is 479 g/mol. The van der Waals surface area contributed by atoms with Crippen molar-refractivity contribution in [3.05, 3.63) is 59.2 Å². The van der Waals surface area contributed by atoms with E-state index >= 15 is 0 Å². The van der Waals surface area contributed by atoms with Crippen LogP contribution in [0.25, 0.3) is 0 Å². The molecule has 1 aliphatic rings. The molecule has 0 unspecified atom stereocenters. The van der Waals surface area contributed by atoms with Crippen molar-refractivity contribution >= 4 is 35.6 Å². The van der Waals surface area contributed by atoms with Crippen LogP contribution in [0.15, 0.2) is 47.5 Å². The minimum absolute atomic E-state index is 0. The molecule has 158 valence electrons. The summed E-state index contributed by atoms with van der Waals surface area (Å²) in [6.45, 7) is 3.88. The zero-order valence-electron chi connectivity index (χ0n) is 17.2. The maximum Gasteiger partial charge on any atom is 0.191 e. The number of nitrogens with zero attached hydrogens (tertiary/aromatic N) is 1. The fourth-order valence-electron chi connectivity index (χ4n) is 3.16. The first kappa shape index (κ1) is 23.3. The number of halogens is 1. The molecule has 0 fully saturated rings. The number of fused-ring (bicyclic) bond motifs is 1. The molecule has 2 aromatic rings. The van der Waals surface area contributed by atoms with E-state index < -0.39 is 0 Å². The SMILES string of the molecule is CN=C(NCCc1ccc2c(c1)CCO2)NCc1ccc(NCCOC)cc1.I. The standard InChI is InChI=1S/C22H30N4O2.HI/c1-23-22(25-11-9-17-5-8-21-19(15-17)10-13-28-21)26-16-18-3-6-20(7-4-18)24-12-14-27-2;/h3-8,15,24H,9-14,16H2,1-2H3,(H2,23,25,26);1H. The number of hydrogen-bond donors (Lipinski definition) is 3. The Labute approximate surface area is 190 Å². The largest absolute Gasteiger partial charge is 0.493 e. The van der Waals surface area contributed by atoms with Crippen LogP contribution in [0.5, 0.6) is 5.75 Å². The molecule has 1 aliphatic heterocycles. The topological polar surface area (TPSA) is 66.9 Å². The van der Waals surface area contributed by atoms with Crippen molar-refractivity contribution in [2.75, 3.05) is 45.8 Å². The molecule has 0 atom stereocenters. The summed E-state index contributed by atoms with van der Waals surface area (Å²) in [7, 11) is 3.50. The number of guanidine groups is 1. The van der Waals surface area contributed by atoms with Gasteiger partial charge in [0.05, 0.1) is 13.2 Å². The van der Waals surface area contributed by atoms with Crippen LogP contribution in [0.4, 0.5) is 5.69 Å². The molecule has 0 aliphatic carbocycles. The molecule has 0 saturated carbocycles. The highest BCUT2D eigenvalue weighted by atomic mass is 127. The molecule has 0 saturated heterocycles. The minimum atomic E-state index is 0. The van der Waals surface area contributed by atoms with Crippen LogP contribution in [0.3, 0.4) is 0 Å². The third kappa shape index (κ3) is 7.40. The van der Waals surface area contributed by atoms with Crippen molar-refractivity contribution in [1.82, 2.24) is 10.6 Å². The number of aliphatic imine (C=N–C) groups is 1. The van der Waals surface area contributed by atoms with Crippen LogP contribution >= 0.6 is 24.0 Å². The van der Waals surface area contributed by atoms with Gasteiger partial charge in [-0.25, -0.2) is 0 Å². The summed E-state index contributed by atoms with van der Waals surface area (Å²) in [5.41, 5.74) is 4.95. The first-order valence-corrected chi connectivity index (χ1v) is 9.79. The summed E-state index contributed by atoms with van der Waals surface area (Å²) in [4.78, 5) is 4.31. The molecule has 0 amide bonds. The lowest BCUT2D eigenvalue weighted by atomic mass is 10.1. The lowest BCUT2D eigenvalue weighted by Crippen LogP contribution is -2.37. The Bertz CT molecular complexity index is 781. The number of ether oxygens (including phenoxy) is 2. The van der Waals surface area contributed by atoms with E-state index in [0.29, 0.717) is 6.61 Å². The predicted octanol–water partition coefficient (Wildman–Crippen LogP) is 3.21. The second kappa shape index (κ2) is 12.5. The molecule has 3 N–H and O–H groups in total. The van der Waals surface area contributed by atoms with E-state index in [9.17, 15) is 0 Å². The van der Waals surface area contributed by atoms with Gasteiger partial charge in [0.1, 0.15) is 5.75 Å². The van der Waals surface area contributed by atoms with Crippen molar-refractivity contribution in [3.63, 3.8) is 0 Å². The number of anilines is 1. The van der Waals surface area contributed by atoms with Gasteiger partial charge in [-0.3, -0.25) is 4.99 Å². The Morgan fingerprint density at radius 2 is 1.86 bits per heavy atom. The minimum Gasteiger partial charge on any atom is -0.493 e. The average molecular weight is 510 g/mol. The van der Waals surface area contributed by atoms with E-state index in [2.05, 4.69) is 63.4 Å². The molecule has 0 spiro atoms. The molecule has 0 radical (unpaired) electrons. The van der Waals surface area contributed by atoms with E-state index in [1.54, 1.807) is 14.2 Å². The maximum absolute atomic E-state index is 5.57. The van der Waals surface area contributed by atoms with Gasteiger partial charge in [-0.2, -0.15) is 0 Å². The molecule has 0 aromatic heterocycles. The number of nitrogens with one attached hydrogen (secondary N) is 3. The Kier molecular flexibility index (Phi) is 10.1. The quantitative estimate of drug-likeness (QED) is 0.209. The van der Waals surface area contributed by atoms with Crippen molar-refractivity contribution in [2.24, 2.45) is 4.99 Å². The van der Waals surface area contributed by atoms with Gasteiger partial charge in [0.15, 0.2) is 5.96 Å². The van der Waals surface area contributed by atoms with E-state index in [0.717, 1.165) is 56.5 Å². The highest BCUT2D eigenvalue weighted by Crippen LogP contribution is 2.25. The van der Waals surface area contributed by atoms with Gasteiger partial charge in [-0.15, -0.1) is 24.0 Å². The molecule has 7 heteroatoms. The third-order valence-electron chi connectivity index (χ3n) is 4.73. The molecule has 29 heavy (non-hydrogen) atoms. The van der Waals surface area contributed by atoms with Gasteiger partial charge in [0.2, 0.25) is 0 Å². The monoisotopic (exact) mass is 510 g/mol. The molecule has 1 heterocycles. The van der Waals surface area contributed by atoms with Gasteiger partial charge in [0, 0.05) is 45.9 Å². The van der Waals surface area contributed by atoms with Crippen LogP contribution in [0.1, 0.15) is 16.7 Å².